The number of amides is 2. The van der Waals surface area contributed by atoms with Crippen LogP contribution in [0.3, 0.4) is 0 Å². The third kappa shape index (κ3) is 8.85. The monoisotopic (exact) mass is 632 g/mol. The molecule has 11 nitrogen and oxygen atoms in total. The minimum absolute atomic E-state index is 0.162. The van der Waals surface area contributed by atoms with E-state index in [0.717, 1.165) is 16.7 Å². The summed E-state index contributed by atoms with van der Waals surface area (Å²) in [6, 6.07) is 15.4. The number of carbonyl (C=O) groups is 2. The summed E-state index contributed by atoms with van der Waals surface area (Å²) in [5, 5.41) is 19.9. The molecule has 2 amide bonds. The van der Waals surface area contributed by atoms with Crippen molar-refractivity contribution < 1.29 is 38.0 Å². The van der Waals surface area contributed by atoms with Crippen molar-refractivity contribution >= 4 is 18.2 Å². The first-order valence-corrected chi connectivity index (χ1v) is 14.6. The van der Waals surface area contributed by atoms with E-state index < -0.39 is 24.3 Å². The Bertz CT molecular complexity index is 1610. The second kappa shape index (κ2) is 16.1. The summed E-state index contributed by atoms with van der Waals surface area (Å²) in [6.07, 6.45) is 2.73. The van der Waals surface area contributed by atoms with Crippen molar-refractivity contribution in [3.8, 4) is 17.2 Å². The van der Waals surface area contributed by atoms with Crippen LogP contribution in [0.2, 0.25) is 0 Å². The number of halogens is 1. The molecule has 1 aliphatic heterocycles. The van der Waals surface area contributed by atoms with E-state index >= 15 is 0 Å². The zero-order valence-corrected chi connectivity index (χ0v) is 25.8. The van der Waals surface area contributed by atoms with Gasteiger partial charge < -0.3 is 34.7 Å². The fourth-order valence-electron chi connectivity index (χ4n) is 4.70. The molecule has 3 aromatic carbocycles. The summed E-state index contributed by atoms with van der Waals surface area (Å²) in [7, 11) is 1.27. The predicted molar refractivity (Wildman–Crippen MR) is 170 cm³/mol. The second-order valence-electron chi connectivity index (χ2n) is 10.2. The first-order valence-electron chi connectivity index (χ1n) is 14.6. The Balaban J connectivity index is 1.37. The average molecular weight is 633 g/mol. The number of nitrogens with zero attached hydrogens (tertiary/aromatic N) is 1. The van der Waals surface area contributed by atoms with Crippen molar-refractivity contribution in [2.75, 3.05) is 20.3 Å². The van der Waals surface area contributed by atoms with Gasteiger partial charge in [0.15, 0.2) is 17.7 Å². The summed E-state index contributed by atoms with van der Waals surface area (Å²) < 4.78 is 35.6. The molecule has 0 spiro atoms. The van der Waals surface area contributed by atoms with E-state index in [9.17, 15) is 19.1 Å². The predicted octanol–water partition coefficient (Wildman–Crippen LogP) is 4.65. The minimum atomic E-state index is -1.16. The van der Waals surface area contributed by atoms with Crippen LogP contribution in [0.5, 0.6) is 17.2 Å². The summed E-state index contributed by atoms with van der Waals surface area (Å²) in [4.78, 5) is 24.6. The van der Waals surface area contributed by atoms with Crippen molar-refractivity contribution in [1.82, 2.24) is 16.1 Å². The Morgan fingerprint density at radius 1 is 1.09 bits per heavy atom. The van der Waals surface area contributed by atoms with E-state index in [1.165, 1.54) is 19.2 Å². The molecule has 0 bridgehead atoms. The van der Waals surface area contributed by atoms with Crippen LogP contribution in [-0.4, -0.2) is 49.9 Å². The van der Waals surface area contributed by atoms with Gasteiger partial charge >= 0.3 is 12.0 Å². The van der Waals surface area contributed by atoms with Gasteiger partial charge in [-0.2, -0.15) is 5.10 Å². The lowest BCUT2D eigenvalue weighted by atomic mass is 9.95. The van der Waals surface area contributed by atoms with E-state index in [1.54, 1.807) is 49.5 Å². The minimum Gasteiger partial charge on any atom is -0.490 e. The number of aliphatic hydroxyl groups is 1. The van der Waals surface area contributed by atoms with Crippen LogP contribution >= 0.6 is 0 Å². The third-order valence-corrected chi connectivity index (χ3v) is 6.87. The number of aliphatic hydroxyl groups excluding tert-OH is 1. The quantitative estimate of drug-likeness (QED) is 0.0624. The number of benzene rings is 3. The summed E-state index contributed by atoms with van der Waals surface area (Å²) in [5.74, 6) is 0.507. The molecule has 12 heteroatoms. The summed E-state index contributed by atoms with van der Waals surface area (Å²) in [5.41, 5.74) is 6.37. The van der Waals surface area contributed by atoms with Crippen molar-refractivity contribution in [3.05, 3.63) is 113 Å². The standard InChI is InChI=1S/C34H37FN4O7/c1-5-7-24-16-23(10-14-27(24)45-19-22-8-12-26(35)13-9-22)18-36-39-30(40)20-46-28-15-11-25(17-29(28)44-6-2)32-31(33(41)43-4)21(3)37-34(42)38-32/h5,8-18,30,32,39-40H,1,6-7,19-20H2,2-4H3,(H2,37,38,42)/b36-18-/t30-,32-/m1/s1. The molecule has 0 radical (unpaired) electrons. The largest absolute Gasteiger partial charge is 0.490 e. The molecule has 3 aromatic rings. The fraction of sp³-hybridized carbons (Fsp3) is 0.265. The molecule has 2 atom stereocenters. The van der Waals surface area contributed by atoms with Gasteiger partial charge in [-0.25, -0.2) is 14.0 Å². The number of nitrogens with one attached hydrogen (secondary N) is 3. The number of hydrogen-bond donors (Lipinski definition) is 4. The SMILES string of the molecule is C=CCc1cc(/C=N\N[C@H](O)COc2ccc([C@H]3NC(=O)NC(C)=C3C(=O)OC)cc2OCC)ccc1OCc1ccc(F)cc1. The van der Waals surface area contributed by atoms with Crippen LogP contribution in [-0.2, 0) is 22.6 Å². The molecule has 242 valence electrons. The van der Waals surface area contributed by atoms with Crippen molar-refractivity contribution in [2.24, 2.45) is 5.10 Å². The maximum Gasteiger partial charge on any atom is 0.337 e. The molecule has 0 unspecified atom stereocenters. The van der Waals surface area contributed by atoms with Gasteiger partial charge in [-0.15, -0.1) is 6.58 Å². The van der Waals surface area contributed by atoms with E-state index in [0.29, 0.717) is 48.1 Å². The zero-order valence-electron chi connectivity index (χ0n) is 25.8. The molecule has 0 saturated carbocycles. The van der Waals surface area contributed by atoms with Gasteiger partial charge in [0, 0.05) is 5.70 Å². The molecule has 0 aromatic heterocycles. The molecule has 0 fully saturated rings. The first kappa shape index (κ1) is 33.5. The maximum absolute atomic E-state index is 13.2. The smallest absolute Gasteiger partial charge is 0.337 e. The first-order chi connectivity index (χ1) is 22.2. The molecule has 1 aliphatic rings. The molecule has 0 aliphatic carbocycles. The lowest BCUT2D eigenvalue weighted by molar-refractivity contribution is -0.136. The highest BCUT2D eigenvalue weighted by Gasteiger charge is 2.32. The molecular weight excluding hydrogens is 595 g/mol. The average Bonchev–Trinajstić information content (AvgIpc) is 3.04. The van der Waals surface area contributed by atoms with Gasteiger partial charge in [-0.1, -0.05) is 24.3 Å². The van der Waals surface area contributed by atoms with E-state index in [1.807, 2.05) is 25.1 Å². The van der Waals surface area contributed by atoms with Gasteiger partial charge in [0.05, 0.1) is 31.5 Å². The Morgan fingerprint density at radius 2 is 1.85 bits per heavy atom. The number of methoxy groups -OCH3 is 1. The number of carbonyl (C=O) groups excluding carboxylic acids is 2. The second-order valence-corrected chi connectivity index (χ2v) is 10.2. The lowest BCUT2D eigenvalue weighted by Gasteiger charge is -2.28. The Morgan fingerprint density at radius 3 is 2.57 bits per heavy atom. The van der Waals surface area contributed by atoms with Gasteiger partial charge in [0.25, 0.3) is 0 Å². The van der Waals surface area contributed by atoms with Gasteiger partial charge in [-0.05, 0) is 85.0 Å². The third-order valence-electron chi connectivity index (χ3n) is 6.87. The number of esters is 1. The number of hydrogen-bond acceptors (Lipinski definition) is 9. The summed E-state index contributed by atoms with van der Waals surface area (Å²) in [6.45, 7) is 7.70. The number of ether oxygens (including phenoxy) is 4. The highest BCUT2D eigenvalue weighted by Crippen LogP contribution is 2.35. The Kier molecular flexibility index (Phi) is 11.7. The van der Waals surface area contributed by atoms with E-state index in [4.69, 9.17) is 18.9 Å². The van der Waals surface area contributed by atoms with E-state index in [-0.39, 0.29) is 18.0 Å². The van der Waals surface area contributed by atoms with Crippen LogP contribution in [0.4, 0.5) is 9.18 Å². The molecule has 46 heavy (non-hydrogen) atoms. The molecule has 0 saturated heterocycles. The fourth-order valence-corrected chi connectivity index (χ4v) is 4.70. The molecular formula is C34H37FN4O7. The highest BCUT2D eigenvalue weighted by molar-refractivity contribution is 5.95. The van der Waals surface area contributed by atoms with Crippen LogP contribution < -0.4 is 30.3 Å². The number of urea groups is 1. The highest BCUT2D eigenvalue weighted by atomic mass is 19.1. The molecule has 1 heterocycles. The topological polar surface area (TPSA) is 140 Å². The molecule has 4 N–H and O–H groups in total. The van der Waals surface area contributed by atoms with Crippen molar-refractivity contribution in [2.45, 2.75) is 39.1 Å². The van der Waals surface area contributed by atoms with E-state index in [2.05, 4.69) is 27.7 Å². The van der Waals surface area contributed by atoms with Crippen molar-refractivity contribution in [1.29, 1.82) is 0 Å². The number of rotatable bonds is 15. The molecule has 4 rings (SSSR count). The number of hydrazone groups is 1. The van der Waals surface area contributed by atoms with Crippen LogP contribution in [0.25, 0.3) is 0 Å². The number of allylic oxidation sites excluding steroid dienone is 2. The zero-order chi connectivity index (χ0) is 33.1. The summed E-state index contributed by atoms with van der Waals surface area (Å²) >= 11 is 0. The Labute approximate surface area is 266 Å². The van der Waals surface area contributed by atoms with Gasteiger partial charge in [0.2, 0.25) is 0 Å². The van der Waals surface area contributed by atoms with Crippen LogP contribution in [0.1, 0.15) is 42.1 Å². The van der Waals surface area contributed by atoms with Crippen molar-refractivity contribution in [3.63, 3.8) is 0 Å². The maximum atomic E-state index is 13.2. The van der Waals surface area contributed by atoms with Crippen LogP contribution in [0, 0.1) is 5.82 Å². The van der Waals surface area contributed by atoms with Crippen LogP contribution in [0.15, 0.2) is 89.7 Å². The van der Waals surface area contributed by atoms with Gasteiger partial charge in [-0.3, -0.25) is 5.43 Å². The Hall–Kier alpha value is -5.36. The normalized spacial score (nSPS) is 15.1. The lowest BCUT2D eigenvalue weighted by Crippen LogP contribution is -2.45. The van der Waals surface area contributed by atoms with Gasteiger partial charge in [0.1, 0.15) is 24.8 Å².